The molecule has 0 atom stereocenters. The maximum Gasteiger partial charge on any atom is 0.0947 e. The fraction of sp³-hybridized carbons (Fsp3) is 0.750. The molecule has 0 amide bonds. The standard InChI is InChI=1S/C12H24N4/c1-11(2)7-13-5-4-6-14-8-12-9-16(3)10-15-12/h9-11,13-14H,4-8H2,1-3H3. The quantitative estimate of drug-likeness (QED) is 0.651. The van der Waals surface area contributed by atoms with E-state index in [9.17, 15) is 0 Å². The van der Waals surface area contributed by atoms with Crippen LogP contribution in [0.15, 0.2) is 12.5 Å². The van der Waals surface area contributed by atoms with Crippen LogP contribution in [-0.2, 0) is 13.6 Å². The molecule has 0 radical (unpaired) electrons. The van der Waals surface area contributed by atoms with Crippen molar-refractivity contribution in [3.05, 3.63) is 18.2 Å². The van der Waals surface area contributed by atoms with Crippen LogP contribution in [0.25, 0.3) is 0 Å². The zero-order valence-corrected chi connectivity index (χ0v) is 10.7. The Kier molecular flexibility index (Phi) is 6.11. The minimum absolute atomic E-state index is 0.737. The Morgan fingerprint density at radius 3 is 2.69 bits per heavy atom. The van der Waals surface area contributed by atoms with Crippen molar-refractivity contribution in [2.45, 2.75) is 26.8 Å². The SMILES string of the molecule is CC(C)CNCCCNCc1cn(C)cn1. The van der Waals surface area contributed by atoms with Crippen LogP contribution in [0.5, 0.6) is 0 Å². The second-order valence-electron chi connectivity index (χ2n) is 4.66. The van der Waals surface area contributed by atoms with Crippen molar-refractivity contribution in [2.24, 2.45) is 13.0 Å². The van der Waals surface area contributed by atoms with Gasteiger partial charge in [-0.25, -0.2) is 4.98 Å². The van der Waals surface area contributed by atoms with Crippen LogP contribution in [0.4, 0.5) is 0 Å². The molecule has 1 aromatic heterocycles. The summed E-state index contributed by atoms with van der Waals surface area (Å²) in [6, 6.07) is 0. The fourth-order valence-electron chi connectivity index (χ4n) is 1.50. The largest absolute Gasteiger partial charge is 0.340 e. The molecule has 0 spiro atoms. The Morgan fingerprint density at radius 1 is 1.31 bits per heavy atom. The third kappa shape index (κ3) is 5.88. The molecule has 0 saturated carbocycles. The first-order valence-corrected chi connectivity index (χ1v) is 6.06. The van der Waals surface area contributed by atoms with Gasteiger partial charge in [-0.1, -0.05) is 13.8 Å². The van der Waals surface area contributed by atoms with E-state index in [1.807, 2.05) is 24.1 Å². The van der Waals surface area contributed by atoms with Gasteiger partial charge in [-0.3, -0.25) is 0 Å². The van der Waals surface area contributed by atoms with E-state index < -0.39 is 0 Å². The lowest BCUT2D eigenvalue weighted by Gasteiger charge is -2.07. The molecule has 0 bridgehead atoms. The molecule has 0 saturated heterocycles. The average Bonchev–Trinajstić information content (AvgIpc) is 2.62. The van der Waals surface area contributed by atoms with Crippen molar-refractivity contribution in [3.8, 4) is 0 Å². The molecule has 4 nitrogen and oxygen atoms in total. The molecule has 92 valence electrons. The van der Waals surface area contributed by atoms with Crippen LogP contribution in [0, 0.1) is 5.92 Å². The summed E-state index contributed by atoms with van der Waals surface area (Å²) in [5.41, 5.74) is 1.11. The third-order valence-electron chi connectivity index (χ3n) is 2.32. The van der Waals surface area contributed by atoms with Crippen molar-refractivity contribution in [3.63, 3.8) is 0 Å². The van der Waals surface area contributed by atoms with E-state index in [4.69, 9.17) is 0 Å². The van der Waals surface area contributed by atoms with Gasteiger partial charge in [-0.05, 0) is 32.0 Å². The van der Waals surface area contributed by atoms with Gasteiger partial charge in [-0.15, -0.1) is 0 Å². The normalized spacial score (nSPS) is 11.2. The number of aromatic nitrogens is 2. The minimum Gasteiger partial charge on any atom is -0.340 e. The highest BCUT2D eigenvalue weighted by Crippen LogP contribution is 1.92. The van der Waals surface area contributed by atoms with Gasteiger partial charge in [0.05, 0.1) is 12.0 Å². The van der Waals surface area contributed by atoms with Gasteiger partial charge in [0.1, 0.15) is 0 Å². The molecule has 0 aliphatic heterocycles. The number of nitrogens with one attached hydrogen (secondary N) is 2. The molecule has 1 heterocycles. The van der Waals surface area contributed by atoms with E-state index in [1.54, 1.807) is 0 Å². The summed E-state index contributed by atoms with van der Waals surface area (Å²) in [5.74, 6) is 0.737. The summed E-state index contributed by atoms with van der Waals surface area (Å²) < 4.78 is 1.97. The highest BCUT2D eigenvalue weighted by atomic mass is 15.0. The highest BCUT2D eigenvalue weighted by Gasteiger charge is 1.96. The van der Waals surface area contributed by atoms with E-state index >= 15 is 0 Å². The maximum absolute atomic E-state index is 4.26. The molecule has 1 aromatic rings. The summed E-state index contributed by atoms with van der Waals surface area (Å²) in [6.07, 6.45) is 5.05. The first-order valence-electron chi connectivity index (χ1n) is 6.06. The molecule has 2 N–H and O–H groups in total. The second-order valence-corrected chi connectivity index (χ2v) is 4.66. The molecule has 1 rings (SSSR count). The summed E-state index contributed by atoms with van der Waals surface area (Å²) in [7, 11) is 1.99. The van der Waals surface area contributed by atoms with Gasteiger partial charge in [0.25, 0.3) is 0 Å². The summed E-state index contributed by atoms with van der Waals surface area (Å²) >= 11 is 0. The smallest absolute Gasteiger partial charge is 0.0947 e. The van der Waals surface area contributed by atoms with Gasteiger partial charge < -0.3 is 15.2 Å². The van der Waals surface area contributed by atoms with Crippen molar-refractivity contribution in [2.75, 3.05) is 19.6 Å². The molecular weight excluding hydrogens is 200 g/mol. The van der Waals surface area contributed by atoms with Crippen molar-refractivity contribution >= 4 is 0 Å². The second kappa shape index (κ2) is 7.41. The molecule has 0 aromatic carbocycles. The van der Waals surface area contributed by atoms with Crippen LogP contribution in [0.3, 0.4) is 0 Å². The van der Waals surface area contributed by atoms with Gasteiger partial charge in [0.2, 0.25) is 0 Å². The van der Waals surface area contributed by atoms with Gasteiger partial charge >= 0.3 is 0 Å². The van der Waals surface area contributed by atoms with E-state index in [-0.39, 0.29) is 0 Å². The highest BCUT2D eigenvalue weighted by molar-refractivity contribution is 4.95. The number of rotatable bonds is 8. The molecular formula is C12H24N4. The zero-order valence-electron chi connectivity index (χ0n) is 10.7. The molecule has 0 aliphatic carbocycles. The predicted octanol–water partition coefficient (Wildman–Crippen LogP) is 1.15. The molecule has 0 aliphatic rings. The van der Waals surface area contributed by atoms with E-state index in [2.05, 4.69) is 29.5 Å². The summed E-state index contributed by atoms with van der Waals surface area (Å²) in [6.45, 7) is 8.57. The van der Waals surface area contributed by atoms with Gasteiger partial charge in [0, 0.05) is 19.8 Å². The lowest BCUT2D eigenvalue weighted by molar-refractivity contribution is 0.529. The molecule has 0 unspecified atom stereocenters. The van der Waals surface area contributed by atoms with Crippen LogP contribution in [-0.4, -0.2) is 29.2 Å². The lowest BCUT2D eigenvalue weighted by Crippen LogP contribution is -2.24. The average molecular weight is 224 g/mol. The van der Waals surface area contributed by atoms with Crippen molar-refractivity contribution < 1.29 is 0 Å². The van der Waals surface area contributed by atoms with Gasteiger partial charge in [0.15, 0.2) is 0 Å². The van der Waals surface area contributed by atoms with Crippen LogP contribution < -0.4 is 10.6 Å². The zero-order chi connectivity index (χ0) is 11.8. The number of aryl methyl sites for hydroxylation is 1. The third-order valence-corrected chi connectivity index (χ3v) is 2.32. The fourth-order valence-corrected chi connectivity index (χ4v) is 1.50. The molecule has 4 heteroatoms. The van der Waals surface area contributed by atoms with Crippen LogP contribution in [0.1, 0.15) is 26.0 Å². The maximum atomic E-state index is 4.26. The van der Waals surface area contributed by atoms with E-state index in [0.29, 0.717) is 0 Å². The number of hydrogen-bond acceptors (Lipinski definition) is 3. The molecule has 16 heavy (non-hydrogen) atoms. The van der Waals surface area contributed by atoms with Crippen molar-refractivity contribution in [1.29, 1.82) is 0 Å². The number of nitrogens with zero attached hydrogens (tertiary/aromatic N) is 2. The first kappa shape index (κ1) is 13.2. The van der Waals surface area contributed by atoms with Gasteiger partial charge in [-0.2, -0.15) is 0 Å². The topological polar surface area (TPSA) is 41.9 Å². The van der Waals surface area contributed by atoms with Crippen LogP contribution in [0.2, 0.25) is 0 Å². The van der Waals surface area contributed by atoms with Crippen molar-refractivity contribution in [1.82, 2.24) is 20.2 Å². The molecule has 0 fully saturated rings. The predicted molar refractivity (Wildman–Crippen MR) is 67.2 cm³/mol. The van der Waals surface area contributed by atoms with E-state index in [1.165, 1.54) is 6.42 Å². The Hall–Kier alpha value is -0.870. The minimum atomic E-state index is 0.737. The summed E-state index contributed by atoms with van der Waals surface area (Å²) in [5, 5.41) is 6.82. The Bertz CT molecular complexity index is 280. The monoisotopic (exact) mass is 224 g/mol. The lowest BCUT2D eigenvalue weighted by atomic mass is 10.2. The Morgan fingerprint density at radius 2 is 2.06 bits per heavy atom. The number of imidazole rings is 1. The van der Waals surface area contributed by atoms with E-state index in [0.717, 1.165) is 37.8 Å². The Labute approximate surface area is 98.5 Å². The summed E-state index contributed by atoms with van der Waals surface area (Å²) in [4.78, 5) is 4.26. The first-order chi connectivity index (χ1) is 7.68. The number of hydrogen-bond donors (Lipinski definition) is 2. The van der Waals surface area contributed by atoms with Crippen LogP contribution >= 0.6 is 0 Å². The Balaban J connectivity index is 1.92.